The maximum absolute atomic E-state index is 11.1. The molecular formula is C21H27IN4O3. The number of nitrogens with one attached hydrogen (secondary N) is 2. The second kappa shape index (κ2) is 11.0. The monoisotopic (exact) mass is 510 g/mol. The highest BCUT2D eigenvalue weighted by molar-refractivity contribution is 14.0. The maximum atomic E-state index is 11.1. The van der Waals surface area contributed by atoms with Crippen molar-refractivity contribution in [1.82, 2.24) is 10.6 Å². The molecule has 0 aliphatic heterocycles. The van der Waals surface area contributed by atoms with Gasteiger partial charge in [0.1, 0.15) is 5.75 Å². The summed E-state index contributed by atoms with van der Waals surface area (Å²) in [6.45, 7) is 3.68. The quantitative estimate of drug-likeness (QED) is 0.183. The first-order chi connectivity index (χ1) is 13.6. The molecule has 0 bridgehead atoms. The predicted octanol–water partition coefficient (Wildman–Crippen LogP) is 4.18. The summed E-state index contributed by atoms with van der Waals surface area (Å²) in [5.74, 6) is 2.16. The molecule has 7 nitrogen and oxygen atoms in total. The van der Waals surface area contributed by atoms with Gasteiger partial charge in [0.15, 0.2) is 5.96 Å². The molecule has 0 aromatic heterocycles. The minimum absolute atomic E-state index is 0. The van der Waals surface area contributed by atoms with Gasteiger partial charge in [0.05, 0.1) is 11.5 Å². The molecule has 29 heavy (non-hydrogen) atoms. The van der Waals surface area contributed by atoms with Crippen LogP contribution in [0.4, 0.5) is 5.69 Å². The molecule has 0 amide bonds. The number of nitro benzene ring substituents is 1. The first kappa shape index (κ1) is 22.9. The van der Waals surface area contributed by atoms with Crippen LogP contribution >= 0.6 is 24.0 Å². The van der Waals surface area contributed by atoms with E-state index in [4.69, 9.17) is 4.74 Å². The van der Waals surface area contributed by atoms with E-state index in [1.54, 1.807) is 25.2 Å². The fourth-order valence-corrected chi connectivity index (χ4v) is 2.85. The summed E-state index contributed by atoms with van der Waals surface area (Å²) in [5, 5.41) is 17.5. The van der Waals surface area contributed by atoms with Crippen LogP contribution in [-0.2, 0) is 13.1 Å². The van der Waals surface area contributed by atoms with E-state index in [-0.39, 0.29) is 34.6 Å². The molecule has 1 aliphatic carbocycles. The third kappa shape index (κ3) is 6.88. The number of halogens is 1. The van der Waals surface area contributed by atoms with Crippen LogP contribution in [0.15, 0.2) is 47.5 Å². The minimum Gasteiger partial charge on any atom is -0.493 e. The van der Waals surface area contributed by atoms with Gasteiger partial charge in [-0.05, 0) is 37.3 Å². The van der Waals surface area contributed by atoms with Crippen molar-refractivity contribution in [3.63, 3.8) is 0 Å². The van der Waals surface area contributed by atoms with Gasteiger partial charge in [-0.1, -0.05) is 30.3 Å². The summed E-state index contributed by atoms with van der Waals surface area (Å²) in [5.41, 5.74) is 2.92. The van der Waals surface area contributed by atoms with Gasteiger partial charge in [-0.15, -0.1) is 24.0 Å². The van der Waals surface area contributed by atoms with Crippen molar-refractivity contribution in [3.8, 4) is 5.75 Å². The number of nitrogens with zero attached hydrogens (tertiary/aromatic N) is 2. The maximum Gasteiger partial charge on any atom is 0.274 e. The van der Waals surface area contributed by atoms with Gasteiger partial charge in [-0.2, -0.15) is 0 Å². The Morgan fingerprint density at radius 2 is 1.86 bits per heavy atom. The topological polar surface area (TPSA) is 88.8 Å². The Morgan fingerprint density at radius 3 is 2.52 bits per heavy atom. The molecule has 0 saturated heterocycles. The number of hydrogen-bond donors (Lipinski definition) is 2. The van der Waals surface area contributed by atoms with Gasteiger partial charge in [0.25, 0.3) is 5.69 Å². The summed E-state index contributed by atoms with van der Waals surface area (Å²) < 4.78 is 6.00. The summed E-state index contributed by atoms with van der Waals surface area (Å²) in [6.07, 6.45) is 2.50. The van der Waals surface area contributed by atoms with E-state index in [2.05, 4.69) is 40.7 Å². The van der Waals surface area contributed by atoms with Gasteiger partial charge in [-0.25, -0.2) is 0 Å². The van der Waals surface area contributed by atoms with E-state index in [1.165, 1.54) is 18.9 Å². The fraction of sp³-hybridized carbons (Fsp3) is 0.381. The number of benzene rings is 2. The smallest absolute Gasteiger partial charge is 0.274 e. The van der Waals surface area contributed by atoms with Crippen LogP contribution in [0.2, 0.25) is 0 Å². The average Bonchev–Trinajstić information content (AvgIpc) is 3.52. The number of aryl methyl sites for hydroxylation is 1. The van der Waals surface area contributed by atoms with Gasteiger partial charge < -0.3 is 15.4 Å². The molecule has 0 heterocycles. The molecule has 1 aliphatic rings. The summed E-state index contributed by atoms with van der Waals surface area (Å²) in [7, 11) is 1.67. The molecule has 1 fully saturated rings. The zero-order valence-electron chi connectivity index (χ0n) is 16.7. The number of hydrogen-bond acceptors (Lipinski definition) is 4. The van der Waals surface area contributed by atoms with Crippen LogP contribution in [0.3, 0.4) is 0 Å². The SMILES string of the molecule is CN=C(NCc1ccc(C)cc1OCC1CC1)NCc1ccccc1[N+](=O)[O-].I. The standard InChI is InChI=1S/C21H26N4O3.HI/c1-15-7-10-18(20(11-15)28-14-16-8-9-16)13-24-21(22-2)23-12-17-5-3-4-6-19(17)25(26)27;/h3-7,10-11,16H,8-9,12-14H2,1-2H3,(H2,22,23,24);1H. The Morgan fingerprint density at radius 1 is 1.17 bits per heavy atom. The van der Waals surface area contributed by atoms with Crippen molar-refractivity contribution >= 4 is 35.6 Å². The lowest BCUT2D eigenvalue weighted by atomic mass is 10.1. The lowest BCUT2D eigenvalue weighted by Gasteiger charge is -2.15. The van der Waals surface area contributed by atoms with Crippen LogP contribution in [0.25, 0.3) is 0 Å². The number of ether oxygens (including phenoxy) is 1. The molecule has 0 atom stereocenters. The van der Waals surface area contributed by atoms with Crippen LogP contribution in [0.1, 0.15) is 29.5 Å². The molecule has 1 saturated carbocycles. The van der Waals surface area contributed by atoms with Crippen LogP contribution in [-0.4, -0.2) is 24.5 Å². The Bertz CT molecular complexity index is 869. The molecular weight excluding hydrogens is 483 g/mol. The fourth-order valence-electron chi connectivity index (χ4n) is 2.85. The van der Waals surface area contributed by atoms with Crippen molar-refractivity contribution in [2.75, 3.05) is 13.7 Å². The van der Waals surface area contributed by atoms with E-state index in [0.29, 0.717) is 30.5 Å². The number of aliphatic imine (C=N–C) groups is 1. The van der Waals surface area contributed by atoms with E-state index in [0.717, 1.165) is 23.5 Å². The predicted molar refractivity (Wildman–Crippen MR) is 125 cm³/mol. The normalized spacial score (nSPS) is 13.4. The van der Waals surface area contributed by atoms with Gasteiger partial charge in [-0.3, -0.25) is 15.1 Å². The third-order valence-electron chi connectivity index (χ3n) is 4.70. The number of guanidine groups is 1. The van der Waals surface area contributed by atoms with Crippen molar-refractivity contribution in [2.24, 2.45) is 10.9 Å². The molecule has 8 heteroatoms. The summed E-state index contributed by atoms with van der Waals surface area (Å²) >= 11 is 0. The highest BCUT2D eigenvalue weighted by atomic mass is 127. The average molecular weight is 510 g/mol. The lowest BCUT2D eigenvalue weighted by Crippen LogP contribution is -2.36. The Hall–Kier alpha value is -2.36. The lowest BCUT2D eigenvalue weighted by molar-refractivity contribution is -0.385. The van der Waals surface area contributed by atoms with E-state index in [1.807, 2.05) is 0 Å². The minimum atomic E-state index is -0.372. The van der Waals surface area contributed by atoms with Crippen LogP contribution < -0.4 is 15.4 Å². The van der Waals surface area contributed by atoms with Gasteiger partial charge >= 0.3 is 0 Å². The number of para-hydroxylation sites is 1. The molecule has 3 rings (SSSR count). The van der Waals surface area contributed by atoms with Crippen molar-refractivity contribution < 1.29 is 9.66 Å². The first-order valence-electron chi connectivity index (χ1n) is 9.46. The van der Waals surface area contributed by atoms with Gasteiger partial charge in [0, 0.05) is 37.3 Å². The molecule has 0 radical (unpaired) electrons. The second-order valence-electron chi connectivity index (χ2n) is 7.03. The zero-order chi connectivity index (χ0) is 19.9. The van der Waals surface area contributed by atoms with Crippen LogP contribution in [0, 0.1) is 23.0 Å². The Labute approximate surface area is 188 Å². The molecule has 156 valence electrons. The molecule has 2 aromatic rings. The highest BCUT2D eigenvalue weighted by Crippen LogP contribution is 2.30. The number of nitro groups is 1. The van der Waals surface area contributed by atoms with E-state index < -0.39 is 0 Å². The molecule has 2 aromatic carbocycles. The zero-order valence-corrected chi connectivity index (χ0v) is 19.0. The van der Waals surface area contributed by atoms with Crippen molar-refractivity contribution in [3.05, 3.63) is 69.3 Å². The van der Waals surface area contributed by atoms with Crippen LogP contribution in [0.5, 0.6) is 5.75 Å². The first-order valence-corrected chi connectivity index (χ1v) is 9.46. The third-order valence-corrected chi connectivity index (χ3v) is 4.70. The molecule has 0 spiro atoms. The summed E-state index contributed by atoms with van der Waals surface area (Å²) in [6, 6.07) is 12.9. The largest absolute Gasteiger partial charge is 0.493 e. The molecule has 2 N–H and O–H groups in total. The van der Waals surface area contributed by atoms with E-state index in [9.17, 15) is 10.1 Å². The highest BCUT2D eigenvalue weighted by Gasteiger charge is 2.22. The molecule has 0 unspecified atom stereocenters. The van der Waals surface area contributed by atoms with E-state index >= 15 is 0 Å². The number of rotatable bonds is 8. The Balaban J connectivity index is 0.00000300. The van der Waals surface area contributed by atoms with Crippen molar-refractivity contribution in [2.45, 2.75) is 32.9 Å². The second-order valence-corrected chi connectivity index (χ2v) is 7.03. The van der Waals surface area contributed by atoms with Gasteiger partial charge in [0.2, 0.25) is 0 Å². The Kier molecular flexibility index (Phi) is 8.69. The summed E-state index contributed by atoms with van der Waals surface area (Å²) in [4.78, 5) is 15.0. The van der Waals surface area contributed by atoms with Crippen molar-refractivity contribution in [1.29, 1.82) is 0 Å².